The molecule has 0 heterocycles. The van der Waals surface area contributed by atoms with Crippen molar-refractivity contribution in [2.45, 2.75) is 19.4 Å². The van der Waals surface area contributed by atoms with Gasteiger partial charge >= 0.3 is 5.97 Å². The second kappa shape index (κ2) is 11.0. The Kier molecular flexibility index (Phi) is 7.85. The van der Waals surface area contributed by atoms with E-state index >= 15 is 0 Å². The van der Waals surface area contributed by atoms with Crippen LogP contribution in [0, 0.1) is 11.3 Å². The lowest BCUT2D eigenvalue weighted by Gasteiger charge is -2.14. The molecule has 6 nitrogen and oxygen atoms in total. The molecule has 0 aliphatic carbocycles. The van der Waals surface area contributed by atoms with Crippen LogP contribution in [0.5, 0.6) is 11.5 Å². The summed E-state index contributed by atoms with van der Waals surface area (Å²) >= 11 is 5.83. The van der Waals surface area contributed by atoms with E-state index in [0.29, 0.717) is 40.6 Å². The van der Waals surface area contributed by atoms with Crippen molar-refractivity contribution in [2.75, 3.05) is 6.54 Å². The topological polar surface area (TPSA) is 88.4 Å². The fourth-order valence-corrected chi connectivity index (χ4v) is 2.97. The molecular formula is C25H21ClN2O4. The standard InChI is InChI=1S/C25H21ClN2O4/c1-17(31-23-5-3-2-4-20(23)16-27)25(30)32-22-12-6-18(7-13-22)14-15-28-24(29)19-8-10-21(26)11-9-19/h2-13,17H,14-15H2,1H3,(H,28,29)/t17-/m1/s1. The van der Waals surface area contributed by atoms with E-state index in [0.717, 1.165) is 5.56 Å². The van der Waals surface area contributed by atoms with Gasteiger partial charge < -0.3 is 14.8 Å². The monoisotopic (exact) mass is 448 g/mol. The van der Waals surface area contributed by atoms with Gasteiger partial charge in [0.15, 0.2) is 6.10 Å². The molecule has 0 aliphatic rings. The largest absolute Gasteiger partial charge is 0.478 e. The summed E-state index contributed by atoms with van der Waals surface area (Å²) in [7, 11) is 0. The van der Waals surface area contributed by atoms with Crippen LogP contribution in [0.15, 0.2) is 72.8 Å². The molecule has 0 aromatic heterocycles. The fourth-order valence-electron chi connectivity index (χ4n) is 2.85. The van der Waals surface area contributed by atoms with Gasteiger partial charge in [-0.25, -0.2) is 4.79 Å². The predicted octanol–water partition coefficient (Wildman–Crippen LogP) is 4.56. The Morgan fingerprint density at radius 3 is 2.41 bits per heavy atom. The zero-order chi connectivity index (χ0) is 22.9. The summed E-state index contributed by atoms with van der Waals surface area (Å²) in [6, 6.07) is 22.4. The van der Waals surface area contributed by atoms with Gasteiger partial charge in [-0.2, -0.15) is 5.26 Å². The quantitative estimate of drug-likeness (QED) is 0.403. The lowest BCUT2D eigenvalue weighted by molar-refractivity contribution is -0.141. The number of halogens is 1. The molecule has 3 aromatic carbocycles. The zero-order valence-corrected chi connectivity index (χ0v) is 18.1. The van der Waals surface area contributed by atoms with E-state index in [-0.39, 0.29) is 5.91 Å². The molecule has 0 radical (unpaired) electrons. The number of para-hydroxylation sites is 1. The summed E-state index contributed by atoms with van der Waals surface area (Å²) in [5.41, 5.74) is 1.87. The molecule has 7 heteroatoms. The van der Waals surface area contributed by atoms with Crippen LogP contribution in [-0.4, -0.2) is 24.5 Å². The maximum atomic E-state index is 12.3. The number of nitrogens with one attached hydrogen (secondary N) is 1. The predicted molar refractivity (Wildman–Crippen MR) is 121 cm³/mol. The Morgan fingerprint density at radius 1 is 1.03 bits per heavy atom. The third-order valence-corrected chi connectivity index (χ3v) is 4.84. The molecule has 0 aliphatic heterocycles. The highest BCUT2D eigenvalue weighted by molar-refractivity contribution is 6.30. The first-order valence-electron chi connectivity index (χ1n) is 9.96. The average Bonchev–Trinajstić information content (AvgIpc) is 2.81. The highest BCUT2D eigenvalue weighted by Gasteiger charge is 2.18. The van der Waals surface area contributed by atoms with Crippen LogP contribution in [0.2, 0.25) is 5.02 Å². The highest BCUT2D eigenvalue weighted by atomic mass is 35.5. The van der Waals surface area contributed by atoms with Crippen LogP contribution in [-0.2, 0) is 11.2 Å². The van der Waals surface area contributed by atoms with Crippen LogP contribution >= 0.6 is 11.6 Å². The normalized spacial score (nSPS) is 11.2. The minimum Gasteiger partial charge on any atom is -0.478 e. The molecule has 32 heavy (non-hydrogen) atoms. The minimum atomic E-state index is -0.882. The van der Waals surface area contributed by atoms with E-state index in [1.807, 2.05) is 18.2 Å². The van der Waals surface area contributed by atoms with Crippen LogP contribution in [0.4, 0.5) is 0 Å². The van der Waals surface area contributed by atoms with E-state index in [4.69, 9.17) is 26.3 Å². The van der Waals surface area contributed by atoms with Crippen molar-refractivity contribution in [2.24, 2.45) is 0 Å². The Labute approximate surface area is 191 Å². The maximum absolute atomic E-state index is 12.3. The number of nitriles is 1. The van der Waals surface area contributed by atoms with E-state index in [1.165, 1.54) is 0 Å². The van der Waals surface area contributed by atoms with Crippen molar-refractivity contribution in [3.05, 3.63) is 94.5 Å². The first-order valence-corrected chi connectivity index (χ1v) is 10.3. The van der Waals surface area contributed by atoms with Gasteiger partial charge in [-0.1, -0.05) is 35.9 Å². The Balaban J connectivity index is 1.47. The number of nitrogens with zero attached hydrogens (tertiary/aromatic N) is 1. The van der Waals surface area contributed by atoms with Crippen molar-refractivity contribution in [3.63, 3.8) is 0 Å². The van der Waals surface area contributed by atoms with E-state index in [1.54, 1.807) is 67.6 Å². The summed E-state index contributed by atoms with van der Waals surface area (Å²) < 4.78 is 10.9. The minimum absolute atomic E-state index is 0.167. The Bertz CT molecular complexity index is 1120. The molecule has 1 atom stereocenters. The van der Waals surface area contributed by atoms with E-state index in [9.17, 15) is 9.59 Å². The summed E-state index contributed by atoms with van der Waals surface area (Å²) in [5, 5.41) is 12.6. The average molecular weight is 449 g/mol. The molecule has 0 spiro atoms. The van der Waals surface area contributed by atoms with E-state index in [2.05, 4.69) is 5.32 Å². The maximum Gasteiger partial charge on any atom is 0.352 e. The molecule has 0 saturated carbocycles. The van der Waals surface area contributed by atoms with Gasteiger partial charge in [-0.15, -0.1) is 0 Å². The summed E-state index contributed by atoms with van der Waals surface area (Å²) in [6.45, 7) is 2.03. The molecule has 3 aromatic rings. The van der Waals surface area contributed by atoms with Gasteiger partial charge in [0.2, 0.25) is 0 Å². The Morgan fingerprint density at radius 2 is 1.72 bits per heavy atom. The molecule has 1 amide bonds. The number of benzene rings is 3. The molecule has 0 bridgehead atoms. The van der Waals surface area contributed by atoms with Crippen molar-refractivity contribution in [3.8, 4) is 17.6 Å². The second-order valence-electron chi connectivity index (χ2n) is 6.95. The van der Waals surface area contributed by atoms with Gasteiger partial charge in [0.05, 0.1) is 5.56 Å². The van der Waals surface area contributed by atoms with E-state index < -0.39 is 12.1 Å². The molecule has 0 saturated heterocycles. The number of hydrogen-bond acceptors (Lipinski definition) is 5. The summed E-state index contributed by atoms with van der Waals surface area (Å²) in [6.07, 6.45) is -0.259. The van der Waals surface area contributed by atoms with Gasteiger partial charge in [0, 0.05) is 17.1 Å². The third-order valence-electron chi connectivity index (χ3n) is 4.59. The van der Waals surface area contributed by atoms with Crippen molar-refractivity contribution in [1.29, 1.82) is 5.26 Å². The fraction of sp³-hybridized carbons (Fsp3) is 0.160. The summed E-state index contributed by atoms with van der Waals surface area (Å²) in [4.78, 5) is 24.4. The lowest BCUT2D eigenvalue weighted by Crippen LogP contribution is -2.28. The smallest absolute Gasteiger partial charge is 0.352 e. The van der Waals surface area contributed by atoms with Crippen LogP contribution in [0.1, 0.15) is 28.4 Å². The third kappa shape index (κ3) is 6.34. The number of carbonyl (C=O) groups excluding carboxylic acids is 2. The summed E-state index contributed by atoms with van der Waals surface area (Å²) in [5.74, 6) is -0.0247. The first kappa shape index (κ1) is 22.9. The molecular weight excluding hydrogens is 428 g/mol. The van der Waals surface area contributed by atoms with Gasteiger partial charge in [0.25, 0.3) is 5.91 Å². The molecule has 0 fully saturated rings. The van der Waals surface area contributed by atoms with Crippen molar-refractivity contribution < 1.29 is 19.1 Å². The number of carbonyl (C=O) groups is 2. The second-order valence-corrected chi connectivity index (χ2v) is 7.38. The lowest BCUT2D eigenvalue weighted by atomic mass is 10.1. The first-order chi connectivity index (χ1) is 15.5. The number of ether oxygens (including phenoxy) is 2. The van der Waals surface area contributed by atoms with Crippen molar-refractivity contribution in [1.82, 2.24) is 5.32 Å². The number of hydrogen-bond donors (Lipinski definition) is 1. The van der Waals surface area contributed by atoms with Gasteiger partial charge in [-0.05, 0) is 67.4 Å². The van der Waals surface area contributed by atoms with Crippen LogP contribution in [0.3, 0.4) is 0 Å². The molecule has 162 valence electrons. The molecule has 0 unspecified atom stereocenters. The highest BCUT2D eigenvalue weighted by Crippen LogP contribution is 2.19. The SMILES string of the molecule is C[C@@H](Oc1ccccc1C#N)C(=O)Oc1ccc(CCNC(=O)c2ccc(Cl)cc2)cc1. The number of amides is 1. The van der Waals surface area contributed by atoms with Gasteiger partial charge in [0.1, 0.15) is 17.6 Å². The number of rotatable bonds is 8. The Hall–Kier alpha value is -3.82. The van der Waals surface area contributed by atoms with Crippen LogP contribution in [0.25, 0.3) is 0 Å². The van der Waals surface area contributed by atoms with Crippen LogP contribution < -0.4 is 14.8 Å². The van der Waals surface area contributed by atoms with Gasteiger partial charge in [-0.3, -0.25) is 4.79 Å². The molecule has 3 rings (SSSR count). The zero-order valence-electron chi connectivity index (χ0n) is 17.4. The number of esters is 1. The molecule has 1 N–H and O–H groups in total. The van der Waals surface area contributed by atoms with Crippen molar-refractivity contribution >= 4 is 23.5 Å².